The van der Waals surface area contributed by atoms with Crippen LogP contribution in [-0.2, 0) is 6.54 Å². The van der Waals surface area contributed by atoms with Gasteiger partial charge in [0.25, 0.3) is 0 Å². The molecular formula is C16H24BNO2. The van der Waals surface area contributed by atoms with Crippen LogP contribution in [0.25, 0.3) is 0 Å². The minimum Gasteiger partial charge on any atom is -0.423 e. The summed E-state index contributed by atoms with van der Waals surface area (Å²) in [5.41, 5.74) is 2.37. The molecule has 0 atom stereocenters. The fraction of sp³-hybridized carbons (Fsp3) is 0.625. The van der Waals surface area contributed by atoms with Gasteiger partial charge in [-0.05, 0) is 42.2 Å². The van der Waals surface area contributed by atoms with Crippen LogP contribution in [0.2, 0.25) is 0 Å². The second kappa shape index (κ2) is 5.88. The molecule has 0 amide bonds. The average Bonchev–Trinajstić information content (AvgIpc) is 2.82. The van der Waals surface area contributed by atoms with E-state index in [0.717, 1.165) is 6.54 Å². The zero-order valence-electron chi connectivity index (χ0n) is 12.1. The Morgan fingerprint density at radius 3 is 2.65 bits per heavy atom. The zero-order valence-corrected chi connectivity index (χ0v) is 12.1. The molecule has 1 aromatic rings. The van der Waals surface area contributed by atoms with E-state index >= 15 is 0 Å². The Kier molecular flexibility index (Phi) is 4.15. The summed E-state index contributed by atoms with van der Waals surface area (Å²) in [6.45, 7) is 3.34. The first-order valence-corrected chi connectivity index (χ1v) is 7.84. The van der Waals surface area contributed by atoms with Crippen LogP contribution in [0.5, 0.6) is 0 Å². The molecule has 1 heterocycles. The van der Waals surface area contributed by atoms with Crippen molar-refractivity contribution in [1.82, 2.24) is 4.90 Å². The normalized spacial score (nSPS) is 22.3. The van der Waals surface area contributed by atoms with E-state index in [9.17, 15) is 10.0 Å². The van der Waals surface area contributed by atoms with Crippen molar-refractivity contribution in [3.05, 3.63) is 29.8 Å². The van der Waals surface area contributed by atoms with Gasteiger partial charge in [-0.25, -0.2) is 0 Å². The summed E-state index contributed by atoms with van der Waals surface area (Å²) < 4.78 is 0. The number of benzene rings is 1. The zero-order chi connectivity index (χ0) is 14.0. The molecule has 0 unspecified atom stereocenters. The van der Waals surface area contributed by atoms with Gasteiger partial charge in [-0.3, -0.25) is 4.90 Å². The van der Waals surface area contributed by atoms with Gasteiger partial charge in [0.2, 0.25) is 0 Å². The molecule has 2 fully saturated rings. The summed E-state index contributed by atoms with van der Waals surface area (Å²) in [7, 11) is -1.36. The maximum Gasteiger partial charge on any atom is 0.488 e. The van der Waals surface area contributed by atoms with Gasteiger partial charge in [0.15, 0.2) is 0 Å². The highest BCUT2D eigenvalue weighted by Crippen LogP contribution is 2.43. The molecule has 1 aliphatic carbocycles. The van der Waals surface area contributed by atoms with Gasteiger partial charge in [-0.2, -0.15) is 0 Å². The standard InChI is InChI=1S/C16H24BNO2/c19-17(20)15-6-4-5-14(11-15)12-18-10-9-16(13-18)7-2-1-3-8-16/h4-6,11,19-20H,1-3,7-10,12-13H2. The maximum atomic E-state index is 9.25. The van der Waals surface area contributed by atoms with Gasteiger partial charge >= 0.3 is 7.12 Å². The highest BCUT2D eigenvalue weighted by Gasteiger charge is 2.38. The quantitative estimate of drug-likeness (QED) is 0.821. The molecule has 2 N–H and O–H groups in total. The van der Waals surface area contributed by atoms with Crippen LogP contribution in [0.3, 0.4) is 0 Å². The minimum absolute atomic E-state index is 0.590. The van der Waals surface area contributed by atoms with Crippen molar-refractivity contribution in [3.8, 4) is 0 Å². The molecule has 0 bridgehead atoms. The van der Waals surface area contributed by atoms with Gasteiger partial charge in [0.05, 0.1) is 0 Å². The Bertz CT molecular complexity index is 458. The summed E-state index contributed by atoms with van der Waals surface area (Å²) in [5.74, 6) is 0. The summed E-state index contributed by atoms with van der Waals surface area (Å²) in [6.07, 6.45) is 8.37. The number of rotatable bonds is 3. The van der Waals surface area contributed by atoms with Crippen LogP contribution in [0.1, 0.15) is 44.1 Å². The summed E-state index contributed by atoms with van der Waals surface area (Å²) in [6, 6.07) is 7.67. The topological polar surface area (TPSA) is 43.7 Å². The van der Waals surface area contributed by atoms with Crippen molar-refractivity contribution in [2.45, 2.75) is 45.1 Å². The second-order valence-corrected chi connectivity index (χ2v) is 6.64. The van der Waals surface area contributed by atoms with E-state index in [1.807, 2.05) is 12.1 Å². The lowest BCUT2D eigenvalue weighted by molar-refractivity contribution is 0.183. The first-order valence-electron chi connectivity index (χ1n) is 7.84. The van der Waals surface area contributed by atoms with E-state index in [2.05, 4.69) is 11.0 Å². The molecule has 3 rings (SSSR count). The molecule has 1 aliphatic heterocycles. The van der Waals surface area contributed by atoms with Crippen molar-refractivity contribution in [1.29, 1.82) is 0 Å². The van der Waals surface area contributed by atoms with Crippen LogP contribution >= 0.6 is 0 Å². The number of nitrogens with zero attached hydrogens (tertiary/aromatic N) is 1. The molecule has 0 aromatic heterocycles. The Morgan fingerprint density at radius 2 is 1.90 bits per heavy atom. The Balaban J connectivity index is 1.63. The summed E-state index contributed by atoms with van der Waals surface area (Å²) in [4.78, 5) is 2.54. The van der Waals surface area contributed by atoms with Crippen LogP contribution < -0.4 is 5.46 Å². The van der Waals surface area contributed by atoms with Crippen molar-refractivity contribution >= 4 is 12.6 Å². The molecule has 1 aromatic carbocycles. The predicted molar refractivity (Wildman–Crippen MR) is 81.7 cm³/mol. The highest BCUT2D eigenvalue weighted by molar-refractivity contribution is 6.58. The van der Waals surface area contributed by atoms with E-state index in [0.29, 0.717) is 10.9 Å². The minimum atomic E-state index is -1.36. The molecule has 20 heavy (non-hydrogen) atoms. The predicted octanol–water partition coefficient (Wildman–Crippen LogP) is 1.52. The van der Waals surface area contributed by atoms with Gasteiger partial charge in [-0.1, -0.05) is 43.5 Å². The lowest BCUT2D eigenvalue weighted by Crippen LogP contribution is -2.31. The molecule has 1 saturated carbocycles. The molecular weight excluding hydrogens is 249 g/mol. The maximum absolute atomic E-state index is 9.25. The van der Waals surface area contributed by atoms with E-state index < -0.39 is 7.12 Å². The lowest BCUT2D eigenvalue weighted by atomic mass is 9.73. The fourth-order valence-electron chi connectivity index (χ4n) is 3.98. The van der Waals surface area contributed by atoms with Crippen molar-refractivity contribution in [3.63, 3.8) is 0 Å². The molecule has 2 aliphatic rings. The van der Waals surface area contributed by atoms with Gasteiger partial charge in [0.1, 0.15) is 0 Å². The number of hydrogen-bond acceptors (Lipinski definition) is 3. The molecule has 1 spiro atoms. The third-order valence-corrected chi connectivity index (χ3v) is 5.09. The largest absolute Gasteiger partial charge is 0.488 e. The summed E-state index contributed by atoms with van der Waals surface area (Å²) >= 11 is 0. The molecule has 1 saturated heterocycles. The van der Waals surface area contributed by atoms with Crippen molar-refractivity contribution in [2.75, 3.05) is 13.1 Å². The van der Waals surface area contributed by atoms with Crippen LogP contribution in [-0.4, -0.2) is 35.2 Å². The van der Waals surface area contributed by atoms with Crippen LogP contribution in [0.4, 0.5) is 0 Å². The van der Waals surface area contributed by atoms with E-state index in [1.165, 1.54) is 57.2 Å². The highest BCUT2D eigenvalue weighted by atomic mass is 16.4. The monoisotopic (exact) mass is 273 g/mol. The van der Waals surface area contributed by atoms with E-state index in [1.54, 1.807) is 6.07 Å². The van der Waals surface area contributed by atoms with Crippen molar-refractivity contribution in [2.24, 2.45) is 5.41 Å². The molecule has 3 nitrogen and oxygen atoms in total. The molecule has 0 radical (unpaired) electrons. The average molecular weight is 273 g/mol. The Labute approximate surface area is 121 Å². The third kappa shape index (κ3) is 3.08. The van der Waals surface area contributed by atoms with Crippen LogP contribution in [0, 0.1) is 5.41 Å². The van der Waals surface area contributed by atoms with Gasteiger partial charge in [-0.15, -0.1) is 0 Å². The smallest absolute Gasteiger partial charge is 0.423 e. The fourth-order valence-corrected chi connectivity index (χ4v) is 3.98. The second-order valence-electron chi connectivity index (χ2n) is 6.64. The first kappa shape index (κ1) is 14.1. The van der Waals surface area contributed by atoms with E-state index in [4.69, 9.17) is 0 Å². The third-order valence-electron chi connectivity index (χ3n) is 5.09. The lowest BCUT2D eigenvalue weighted by Gasteiger charge is -2.33. The van der Waals surface area contributed by atoms with Gasteiger partial charge in [0, 0.05) is 13.1 Å². The van der Waals surface area contributed by atoms with E-state index in [-0.39, 0.29) is 0 Å². The molecule has 108 valence electrons. The Hall–Kier alpha value is -0.835. The first-order chi connectivity index (χ1) is 9.67. The number of hydrogen-bond donors (Lipinski definition) is 2. The van der Waals surface area contributed by atoms with Crippen LogP contribution in [0.15, 0.2) is 24.3 Å². The SMILES string of the molecule is OB(O)c1cccc(CN2CCC3(CCCCC3)C2)c1. The van der Waals surface area contributed by atoms with Gasteiger partial charge < -0.3 is 10.0 Å². The summed E-state index contributed by atoms with van der Waals surface area (Å²) in [5, 5.41) is 18.5. The molecule has 4 heteroatoms. The number of likely N-dealkylation sites (tertiary alicyclic amines) is 1. The Morgan fingerprint density at radius 1 is 1.10 bits per heavy atom. The van der Waals surface area contributed by atoms with Crippen molar-refractivity contribution < 1.29 is 10.0 Å².